The van der Waals surface area contributed by atoms with Gasteiger partial charge in [0.15, 0.2) is 0 Å². The van der Waals surface area contributed by atoms with Crippen molar-refractivity contribution in [1.29, 1.82) is 0 Å². The normalized spacial score (nSPS) is 10.7. The first-order valence-electron chi connectivity index (χ1n) is 6.15. The van der Waals surface area contributed by atoms with Crippen molar-refractivity contribution >= 4 is 44.3 Å². The van der Waals surface area contributed by atoms with Crippen LogP contribution in [-0.4, -0.2) is 9.97 Å². The lowest BCUT2D eigenvalue weighted by atomic mass is 10.1. The maximum absolute atomic E-state index is 5.96. The van der Waals surface area contributed by atoms with Crippen LogP contribution in [0.4, 0.5) is 5.82 Å². The molecule has 0 radical (unpaired) electrons. The zero-order valence-corrected chi connectivity index (χ0v) is 14.4. The van der Waals surface area contributed by atoms with E-state index in [0.717, 1.165) is 32.4 Å². The van der Waals surface area contributed by atoms with Crippen LogP contribution in [0.2, 0.25) is 0 Å². The molecule has 0 spiro atoms. The Balaban J connectivity index is 2.27. The van der Waals surface area contributed by atoms with Gasteiger partial charge in [0.2, 0.25) is 0 Å². The van der Waals surface area contributed by atoms with Crippen molar-refractivity contribution in [3.05, 3.63) is 49.4 Å². The van der Waals surface area contributed by atoms with Gasteiger partial charge in [-0.3, -0.25) is 0 Å². The third-order valence-corrected chi connectivity index (χ3v) is 4.46. The van der Waals surface area contributed by atoms with E-state index in [4.69, 9.17) is 5.73 Å². The number of aromatic nitrogens is 2. The largest absolute Gasteiger partial charge is 0.383 e. The highest BCUT2D eigenvalue weighted by atomic mass is 127. The summed E-state index contributed by atoms with van der Waals surface area (Å²) in [5, 5.41) is 0. The van der Waals surface area contributed by atoms with E-state index in [0.29, 0.717) is 12.2 Å². The first-order chi connectivity index (χ1) is 9.10. The van der Waals surface area contributed by atoms with Gasteiger partial charge in [-0.2, -0.15) is 0 Å². The highest BCUT2D eigenvalue weighted by Crippen LogP contribution is 2.19. The Morgan fingerprint density at radius 1 is 1.21 bits per heavy atom. The van der Waals surface area contributed by atoms with E-state index in [1.165, 1.54) is 5.56 Å². The Hall–Kier alpha value is -0.690. The van der Waals surface area contributed by atoms with Gasteiger partial charge in [-0.25, -0.2) is 9.97 Å². The number of nitrogens with two attached hydrogens (primary N) is 1. The van der Waals surface area contributed by atoms with Gasteiger partial charge >= 0.3 is 0 Å². The SMILES string of the molecule is CCCc1nc(Cc2ccc(Br)cc2)nc(N)c1I. The molecule has 19 heavy (non-hydrogen) atoms. The number of nitrogen functional groups attached to an aromatic ring is 1. The molecule has 0 saturated heterocycles. The predicted octanol–water partition coefficient (Wildman–Crippen LogP) is 3.97. The van der Waals surface area contributed by atoms with Gasteiger partial charge in [-0.15, -0.1) is 0 Å². The quantitative estimate of drug-likeness (QED) is 0.745. The summed E-state index contributed by atoms with van der Waals surface area (Å²) in [5.74, 6) is 1.38. The van der Waals surface area contributed by atoms with Gasteiger partial charge in [0.1, 0.15) is 11.6 Å². The van der Waals surface area contributed by atoms with Gasteiger partial charge in [-0.05, 0) is 46.7 Å². The van der Waals surface area contributed by atoms with Crippen LogP contribution in [0.1, 0.15) is 30.4 Å². The zero-order chi connectivity index (χ0) is 13.8. The van der Waals surface area contributed by atoms with Gasteiger partial charge in [0, 0.05) is 10.9 Å². The lowest BCUT2D eigenvalue weighted by Crippen LogP contribution is -2.07. The number of halogens is 2. The van der Waals surface area contributed by atoms with Crippen LogP contribution in [-0.2, 0) is 12.8 Å². The summed E-state index contributed by atoms with van der Waals surface area (Å²) >= 11 is 5.66. The van der Waals surface area contributed by atoms with E-state index in [9.17, 15) is 0 Å². The molecule has 0 aliphatic heterocycles. The molecular formula is C14H15BrIN3. The number of nitrogens with zero attached hydrogens (tertiary/aromatic N) is 2. The van der Waals surface area contributed by atoms with Gasteiger partial charge in [0.05, 0.1) is 9.26 Å². The standard InChI is InChI=1S/C14H15BrIN3/c1-2-3-11-13(16)14(17)19-12(18-11)8-9-4-6-10(15)7-5-9/h4-7H,2-3,8H2,1H3,(H2,17,18,19). The number of anilines is 1. The smallest absolute Gasteiger partial charge is 0.140 e. The van der Waals surface area contributed by atoms with Crippen LogP contribution in [0.25, 0.3) is 0 Å². The molecule has 5 heteroatoms. The van der Waals surface area contributed by atoms with Crippen molar-refractivity contribution in [3.63, 3.8) is 0 Å². The van der Waals surface area contributed by atoms with Gasteiger partial charge < -0.3 is 5.73 Å². The summed E-state index contributed by atoms with van der Waals surface area (Å²) in [6.07, 6.45) is 2.72. The minimum Gasteiger partial charge on any atom is -0.383 e. The molecule has 100 valence electrons. The van der Waals surface area contributed by atoms with Crippen molar-refractivity contribution in [2.24, 2.45) is 0 Å². The number of benzene rings is 1. The molecule has 3 nitrogen and oxygen atoms in total. The average Bonchev–Trinajstić information content (AvgIpc) is 2.38. The summed E-state index contributed by atoms with van der Waals surface area (Å²) in [7, 11) is 0. The molecule has 2 rings (SSSR count). The Bertz CT molecular complexity index is 570. The molecule has 0 saturated carbocycles. The molecule has 1 aromatic heterocycles. The zero-order valence-electron chi connectivity index (χ0n) is 10.7. The fourth-order valence-corrected chi connectivity index (χ4v) is 2.61. The molecule has 0 fully saturated rings. The van der Waals surface area contributed by atoms with Crippen molar-refractivity contribution in [3.8, 4) is 0 Å². The Morgan fingerprint density at radius 2 is 1.89 bits per heavy atom. The number of hydrogen-bond donors (Lipinski definition) is 1. The third-order valence-electron chi connectivity index (χ3n) is 2.75. The molecule has 0 bridgehead atoms. The fraction of sp³-hybridized carbons (Fsp3) is 0.286. The van der Waals surface area contributed by atoms with Crippen molar-refractivity contribution in [2.45, 2.75) is 26.2 Å². The second-order valence-electron chi connectivity index (χ2n) is 4.34. The summed E-state index contributed by atoms with van der Waals surface area (Å²) < 4.78 is 2.06. The van der Waals surface area contributed by atoms with E-state index in [1.807, 2.05) is 12.1 Å². The molecule has 0 amide bonds. The summed E-state index contributed by atoms with van der Waals surface area (Å²) in [4.78, 5) is 9.01. The van der Waals surface area contributed by atoms with Crippen LogP contribution in [0, 0.1) is 3.57 Å². The topological polar surface area (TPSA) is 51.8 Å². The molecular weight excluding hydrogens is 417 g/mol. The van der Waals surface area contributed by atoms with Crippen molar-refractivity contribution < 1.29 is 0 Å². The number of hydrogen-bond acceptors (Lipinski definition) is 3. The molecule has 2 N–H and O–H groups in total. The first-order valence-corrected chi connectivity index (χ1v) is 8.02. The lowest BCUT2D eigenvalue weighted by Gasteiger charge is -2.08. The van der Waals surface area contributed by atoms with Gasteiger partial charge in [0.25, 0.3) is 0 Å². The maximum atomic E-state index is 5.96. The monoisotopic (exact) mass is 431 g/mol. The second kappa shape index (κ2) is 6.65. The van der Waals surface area contributed by atoms with Crippen LogP contribution in [0.5, 0.6) is 0 Å². The minimum atomic E-state index is 0.589. The highest BCUT2D eigenvalue weighted by Gasteiger charge is 2.09. The van der Waals surface area contributed by atoms with E-state index in [-0.39, 0.29) is 0 Å². The second-order valence-corrected chi connectivity index (χ2v) is 6.33. The maximum Gasteiger partial charge on any atom is 0.140 e. The van der Waals surface area contributed by atoms with E-state index < -0.39 is 0 Å². The third kappa shape index (κ3) is 3.89. The van der Waals surface area contributed by atoms with Crippen LogP contribution >= 0.6 is 38.5 Å². The number of rotatable bonds is 4. The summed E-state index contributed by atoms with van der Waals surface area (Å²) in [6.45, 7) is 2.14. The van der Waals surface area contributed by atoms with E-state index in [1.54, 1.807) is 0 Å². The number of aryl methyl sites for hydroxylation is 1. The van der Waals surface area contributed by atoms with Gasteiger partial charge in [-0.1, -0.05) is 41.4 Å². The van der Waals surface area contributed by atoms with Crippen molar-refractivity contribution in [2.75, 3.05) is 5.73 Å². The van der Waals surface area contributed by atoms with E-state index in [2.05, 4.69) is 67.5 Å². The minimum absolute atomic E-state index is 0.589. The Morgan fingerprint density at radius 3 is 2.53 bits per heavy atom. The summed E-state index contributed by atoms with van der Waals surface area (Å²) in [5.41, 5.74) is 8.21. The van der Waals surface area contributed by atoms with E-state index >= 15 is 0 Å². The van der Waals surface area contributed by atoms with Crippen LogP contribution < -0.4 is 5.73 Å². The molecule has 0 atom stereocenters. The lowest BCUT2D eigenvalue weighted by molar-refractivity contribution is 0.836. The summed E-state index contributed by atoms with van der Waals surface area (Å²) in [6, 6.07) is 8.19. The Kier molecular flexibility index (Phi) is 5.15. The van der Waals surface area contributed by atoms with Crippen molar-refractivity contribution in [1.82, 2.24) is 9.97 Å². The Labute approximate surface area is 135 Å². The molecule has 1 heterocycles. The predicted molar refractivity (Wildman–Crippen MR) is 90.1 cm³/mol. The van der Waals surface area contributed by atoms with Crippen LogP contribution in [0.15, 0.2) is 28.7 Å². The fourth-order valence-electron chi connectivity index (χ4n) is 1.83. The molecule has 2 aromatic rings. The molecule has 1 aromatic carbocycles. The average molecular weight is 432 g/mol. The van der Waals surface area contributed by atoms with Crippen LogP contribution in [0.3, 0.4) is 0 Å². The molecule has 0 unspecified atom stereocenters. The molecule has 0 aliphatic carbocycles. The first kappa shape index (κ1) is 14.7. The highest BCUT2D eigenvalue weighted by molar-refractivity contribution is 14.1. The molecule has 0 aliphatic rings.